The monoisotopic (exact) mass is 576 g/mol. The average molecular weight is 578 g/mol. The zero-order valence-corrected chi connectivity index (χ0v) is 21.5. The third-order valence-corrected chi connectivity index (χ3v) is 6.00. The molecule has 0 radical (unpaired) electrons. The van der Waals surface area contributed by atoms with Crippen molar-refractivity contribution in [2.75, 3.05) is 11.1 Å². The number of nitrogen functional groups attached to an aromatic ring is 1. The van der Waals surface area contributed by atoms with Crippen molar-refractivity contribution in [2.45, 2.75) is 31.7 Å². The fourth-order valence-electron chi connectivity index (χ4n) is 3.70. The molecule has 1 heterocycles. The van der Waals surface area contributed by atoms with Gasteiger partial charge in [0.2, 0.25) is 0 Å². The summed E-state index contributed by atoms with van der Waals surface area (Å²) in [5.74, 6) is -1.96. The molecule has 1 fully saturated rings. The number of rotatable bonds is 7. The van der Waals surface area contributed by atoms with Crippen LogP contribution in [0.4, 0.5) is 20.7 Å². The Bertz CT molecular complexity index is 1310. The molecule has 1 aromatic heterocycles. The smallest absolute Gasteiger partial charge is 0.343 e. The second kappa shape index (κ2) is 11.5. The normalized spacial score (nSPS) is 15.9. The molecule has 2 atom stereocenters. The number of amides is 2. The minimum atomic E-state index is -0.765. The number of benzene rings is 2. The number of hydrogen-bond acceptors (Lipinski definition) is 6. The number of esters is 1. The summed E-state index contributed by atoms with van der Waals surface area (Å²) < 4.78 is 21.4. The van der Waals surface area contributed by atoms with Gasteiger partial charge in [-0.1, -0.05) is 13.0 Å². The highest BCUT2D eigenvalue weighted by atomic mass is 79.9. The summed E-state index contributed by atoms with van der Waals surface area (Å²) in [6, 6.07) is 11.1. The molecule has 0 saturated heterocycles. The Labute approximate surface area is 221 Å². The molecule has 3 aromatic rings. The lowest BCUT2D eigenvalue weighted by Crippen LogP contribution is -2.31. The van der Waals surface area contributed by atoms with Gasteiger partial charge in [0.1, 0.15) is 17.4 Å². The van der Waals surface area contributed by atoms with E-state index in [4.69, 9.17) is 10.5 Å². The second-order valence-electron chi connectivity index (χ2n) is 8.04. The van der Waals surface area contributed by atoms with Crippen molar-refractivity contribution in [3.8, 4) is 5.75 Å². The van der Waals surface area contributed by atoms with E-state index in [2.05, 4.69) is 31.5 Å². The van der Waals surface area contributed by atoms with Crippen LogP contribution in [0.25, 0.3) is 0 Å². The lowest BCUT2D eigenvalue weighted by Gasteiger charge is -2.15. The molecular weight excluding hydrogens is 555 g/mol. The number of carbonyl (C=O) groups excluding carboxylic acids is 3. The average Bonchev–Trinajstić information content (AvgIpc) is 3.58. The third kappa shape index (κ3) is 6.19. The number of ketones is 1. The Balaban J connectivity index is 0.00000361. The lowest BCUT2D eigenvalue weighted by molar-refractivity contribution is 0.0730. The van der Waals surface area contributed by atoms with E-state index in [0.29, 0.717) is 17.9 Å². The number of nitrogens with two attached hydrogens (primary N) is 1. The quantitative estimate of drug-likeness (QED) is 0.148. The summed E-state index contributed by atoms with van der Waals surface area (Å²) in [4.78, 5) is 41.9. The van der Waals surface area contributed by atoms with Crippen LogP contribution in [0.3, 0.4) is 0 Å². The molecule has 1 aliphatic rings. The first-order valence-corrected chi connectivity index (χ1v) is 11.7. The van der Waals surface area contributed by atoms with E-state index in [9.17, 15) is 14.4 Å². The first-order valence-electron chi connectivity index (χ1n) is 10.9. The fourth-order valence-corrected chi connectivity index (χ4v) is 3.94. The molecule has 2 aromatic carbocycles. The summed E-state index contributed by atoms with van der Waals surface area (Å²) in [5, 5.41) is 5.38. The summed E-state index contributed by atoms with van der Waals surface area (Å²) in [6.45, 7) is 1.66. The van der Waals surface area contributed by atoms with Crippen LogP contribution in [0.1, 0.15) is 52.0 Å². The summed E-state index contributed by atoms with van der Waals surface area (Å²) in [7, 11) is 0. The maximum atomic E-state index is 15.0. The Morgan fingerprint density at radius 3 is 2.64 bits per heavy atom. The van der Waals surface area contributed by atoms with Gasteiger partial charge in [-0.15, -0.1) is 12.4 Å². The third-order valence-electron chi connectivity index (χ3n) is 5.53. The molecule has 1 aliphatic carbocycles. The molecule has 36 heavy (non-hydrogen) atoms. The van der Waals surface area contributed by atoms with Crippen molar-refractivity contribution in [1.29, 1.82) is 0 Å². The van der Waals surface area contributed by atoms with Crippen LogP contribution in [0.15, 0.2) is 59.2 Å². The number of aromatic nitrogens is 1. The van der Waals surface area contributed by atoms with Crippen LogP contribution < -0.4 is 21.1 Å². The molecule has 8 nitrogen and oxygen atoms in total. The van der Waals surface area contributed by atoms with Gasteiger partial charge >= 0.3 is 12.0 Å². The van der Waals surface area contributed by atoms with Crippen molar-refractivity contribution in [1.82, 2.24) is 10.3 Å². The highest BCUT2D eigenvalue weighted by Gasteiger charge is 2.44. The topological polar surface area (TPSA) is 123 Å². The number of Topliss-reactive ketones (excluding diaryl/α,β-unsaturated/α-hetero) is 1. The molecule has 4 rings (SSSR count). The Morgan fingerprint density at radius 1 is 1.19 bits per heavy atom. The summed E-state index contributed by atoms with van der Waals surface area (Å²) in [6.07, 6.45) is 2.09. The number of halogens is 3. The zero-order valence-electron chi connectivity index (χ0n) is 19.1. The molecule has 1 saturated carbocycles. The van der Waals surface area contributed by atoms with Gasteiger partial charge in [-0.3, -0.25) is 10.1 Å². The molecule has 188 valence electrons. The maximum Gasteiger partial charge on any atom is 0.343 e. The van der Waals surface area contributed by atoms with E-state index in [1.807, 2.05) is 0 Å². The number of pyridine rings is 1. The van der Waals surface area contributed by atoms with Gasteiger partial charge in [-0.2, -0.15) is 0 Å². The first kappa shape index (κ1) is 27.1. The molecule has 0 unspecified atom stereocenters. The SMILES string of the molecule is CCC(=O)c1ccc(F)c([C@@H]2C[C@@H]2NC(=O)Nc2ccc(Br)cn2)c1OC(=O)c1cccc(N)c1.Cl. The van der Waals surface area contributed by atoms with E-state index in [0.717, 1.165) is 4.47 Å². The van der Waals surface area contributed by atoms with Crippen LogP contribution in [0.5, 0.6) is 5.75 Å². The van der Waals surface area contributed by atoms with Gasteiger partial charge in [-0.25, -0.2) is 19.0 Å². The molecular formula is C25H23BrClFN4O4. The second-order valence-corrected chi connectivity index (χ2v) is 8.95. The Hall–Kier alpha value is -3.50. The van der Waals surface area contributed by atoms with Crippen molar-refractivity contribution in [3.63, 3.8) is 0 Å². The predicted molar refractivity (Wildman–Crippen MR) is 139 cm³/mol. The van der Waals surface area contributed by atoms with E-state index >= 15 is 4.39 Å². The number of nitrogens with one attached hydrogen (secondary N) is 2. The Morgan fingerprint density at radius 2 is 1.97 bits per heavy atom. The fraction of sp³-hybridized carbons (Fsp3) is 0.200. The van der Waals surface area contributed by atoms with E-state index in [1.54, 1.807) is 37.4 Å². The van der Waals surface area contributed by atoms with Gasteiger partial charge in [0.15, 0.2) is 5.78 Å². The first-order chi connectivity index (χ1) is 16.8. The molecule has 0 bridgehead atoms. The molecule has 0 spiro atoms. The molecule has 4 N–H and O–H groups in total. The minimum Gasteiger partial charge on any atom is -0.422 e. The number of anilines is 2. The molecule has 11 heteroatoms. The van der Waals surface area contributed by atoms with Gasteiger partial charge in [0.25, 0.3) is 0 Å². The van der Waals surface area contributed by atoms with Gasteiger partial charge in [-0.05, 0) is 64.8 Å². The van der Waals surface area contributed by atoms with Crippen molar-refractivity contribution in [2.24, 2.45) is 0 Å². The molecule has 0 aliphatic heterocycles. The highest BCUT2D eigenvalue weighted by molar-refractivity contribution is 9.10. The van der Waals surface area contributed by atoms with Crippen molar-refractivity contribution < 1.29 is 23.5 Å². The predicted octanol–water partition coefficient (Wildman–Crippen LogP) is 5.48. The zero-order chi connectivity index (χ0) is 25.1. The number of hydrogen-bond donors (Lipinski definition) is 3. The van der Waals surface area contributed by atoms with Crippen molar-refractivity contribution in [3.05, 3.63) is 81.7 Å². The van der Waals surface area contributed by atoms with Crippen LogP contribution in [0, 0.1) is 5.82 Å². The minimum absolute atomic E-state index is 0. The number of carbonyl (C=O) groups is 3. The van der Waals surface area contributed by atoms with Crippen LogP contribution in [-0.4, -0.2) is 28.8 Å². The highest BCUT2D eigenvalue weighted by Crippen LogP contribution is 2.47. The molecule has 2 amide bonds. The maximum absolute atomic E-state index is 15.0. The summed E-state index contributed by atoms with van der Waals surface area (Å²) in [5.41, 5.74) is 6.47. The summed E-state index contributed by atoms with van der Waals surface area (Å²) >= 11 is 3.27. The number of ether oxygens (including phenoxy) is 1. The van der Waals surface area contributed by atoms with Gasteiger partial charge < -0.3 is 15.8 Å². The van der Waals surface area contributed by atoms with Gasteiger partial charge in [0.05, 0.1) is 11.1 Å². The van der Waals surface area contributed by atoms with E-state index < -0.39 is 29.8 Å². The van der Waals surface area contributed by atoms with E-state index in [1.165, 1.54) is 24.3 Å². The van der Waals surface area contributed by atoms with E-state index in [-0.39, 0.29) is 47.1 Å². The van der Waals surface area contributed by atoms with Crippen LogP contribution >= 0.6 is 28.3 Å². The van der Waals surface area contributed by atoms with Gasteiger partial charge in [0, 0.05) is 40.3 Å². The standard InChI is InChI=1S/C25H22BrFN4O4.ClH/c1-2-20(32)16-7-8-18(27)22(23(16)35-24(33)13-4-3-5-15(28)10-13)17-11-19(17)30-25(34)31-21-9-6-14(26)12-29-21;/h3-10,12,17,19H,2,11,28H2,1H3,(H2,29,30,31,34);1H/t17-,19+;/m1./s1. The van der Waals surface area contributed by atoms with Crippen LogP contribution in [0.2, 0.25) is 0 Å². The van der Waals surface area contributed by atoms with Crippen LogP contribution in [-0.2, 0) is 0 Å². The number of nitrogens with zero attached hydrogens (tertiary/aromatic N) is 1. The number of urea groups is 1. The largest absolute Gasteiger partial charge is 0.422 e. The Kier molecular flexibility index (Phi) is 8.65. The van der Waals surface area contributed by atoms with Crippen molar-refractivity contribution >= 4 is 57.6 Å². The lowest BCUT2D eigenvalue weighted by atomic mass is 9.99.